The summed E-state index contributed by atoms with van der Waals surface area (Å²) in [6, 6.07) is 13.7. The number of carbonyl (C=O) groups is 2. The molecule has 0 aliphatic carbocycles. The molecule has 28 heavy (non-hydrogen) atoms. The van der Waals surface area contributed by atoms with E-state index in [1.54, 1.807) is 18.2 Å². The minimum Gasteiger partial charge on any atom is -0.496 e. The summed E-state index contributed by atoms with van der Waals surface area (Å²) in [7, 11) is 3.00. The predicted molar refractivity (Wildman–Crippen MR) is 107 cm³/mol. The minimum atomic E-state index is -0.763. The van der Waals surface area contributed by atoms with Crippen LogP contribution in [0, 0.1) is 0 Å². The van der Waals surface area contributed by atoms with E-state index in [9.17, 15) is 9.59 Å². The minimum absolute atomic E-state index is 0.0897. The maximum Gasteiger partial charge on any atom is 0.259 e. The first-order valence-corrected chi connectivity index (χ1v) is 9.51. The van der Waals surface area contributed by atoms with E-state index in [0.29, 0.717) is 11.5 Å². The Balaban J connectivity index is 1.92. The third-order valence-electron chi connectivity index (χ3n) is 4.98. The number of rotatable bonds is 6. The number of benzene rings is 2. The van der Waals surface area contributed by atoms with Crippen LogP contribution in [0.15, 0.2) is 48.5 Å². The van der Waals surface area contributed by atoms with Crippen LogP contribution in [0.3, 0.4) is 0 Å². The number of carbonyl (C=O) groups excluding carboxylic acids is 2. The number of amides is 2. The fraction of sp³-hybridized carbons (Fsp3) is 0.364. The van der Waals surface area contributed by atoms with Gasteiger partial charge in [-0.3, -0.25) is 9.59 Å². The van der Waals surface area contributed by atoms with Crippen molar-refractivity contribution in [3.8, 4) is 11.5 Å². The van der Waals surface area contributed by atoms with Crippen LogP contribution in [0.2, 0.25) is 0 Å². The zero-order valence-electron chi connectivity index (χ0n) is 16.3. The zero-order chi connectivity index (χ0) is 19.9. The van der Waals surface area contributed by atoms with Gasteiger partial charge in [0.25, 0.3) is 5.91 Å². The second-order valence-electron chi connectivity index (χ2n) is 6.74. The topological polar surface area (TPSA) is 67.9 Å². The molecule has 0 unspecified atom stereocenters. The van der Waals surface area contributed by atoms with Crippen molar-refractivity contribution in [1.82, 2.24) is 10.2 Å². The molecule has 0 bridgehead atoms. The summed E-state index contributed by atoms with van der Waals surface area (Å²) >= 11 is 0. The molecule has 1 atom stereocenters. The highest BCUT2D eigenvalue weighted by atomic mass is 16.5. The number of likely N-dealkylation sites (tertiary alicyclic amines) is 1. The van der Waals surface area contributed by atoms with Crippen molar-refractivity contribution in [2.45, 2.75) is 25.3 Å². The smallest absolute Gasteiger partial charge is 0.259 e. The van der Waals surface area contributed by atoms with E-state index < -0.39 is 11.9 Å². The van der Waals surface area contributed by atoms with Gasteiger partial charge in [0.15, 0.2) is 0 Å². The Morgan fingerprint density at radius 2 is 1.50 bits per heavy atom. The average molecular weight is 382 g/mol. The first kappa shape index (κ1) is 19.7. The second-order valence-corrected chi connectivity index (χ2v) is 6.74. The number of hydrogen-bond acceptors (Lipinski definition) is 4. The molecule has 0 aromatic heterocycles. The summed E-state index contributed by atoms with van der Waals surface area (Å²) in [5.41, 5.74) is 1.03. The molecule has 1 fully saturated rings. The number of hydrogen-bond donors (Lipinski definition) is 1. The van der Waals surface area contributed by atoms with Crippen LogP contribution in [0.4, 0.5) is 0 Å². The first-order valence-electron chi connectivity index (χ1n) is 9.51. The molecule has 1 aliphatic rings. The summed E-state index contributed by atoms with van der Waals surface area (Å²) in [5.74, 6) is 0.296. The highest BCUT2D eigenvalue weighted by Crippen LogP contribution is 2.29. The fourth-order valence-electron chi connectivity index (χ4n) is 3.51. The molecule has 1 aliphatic heterocycles. The Hall–Kier alpha value is -3.02. The molecule has 0 spiro atoms. The van der Waals surface area contributed by atoms with Gasteiger partial charge in [0.1, 0.15) is 23.1 Å². The normalized spacial score (nSPS) is 14.9. The van der Waals surface area contributed by atoms with Crippen molar-refractivity contribution in [1.29, 1.82) is 0 Å². The zero-order valence-corrected chi connectivity index (χ0v) is 16.3. The second kappa shape index (κ2) is 9.26. The van der Waals surface area contributed by atoms with Gasteiger partial charge < -0.3 is 19.7 Å². The van der Waals surface area contributed by atoms with E-state index in [1.807, 2.05) is 35.2 Å². The Labute approximate surface area is 165 Å². The van der Waals surface area contributed by atoms with Crippen LogP contribution in [0.5, 0.6) is 11.5 Å². The lowest BCUT2D eigenvalue weighted by Crippen LogP contribution is -2.45. The summed E-state index contributed by atoms with van der Waals surface area (Å²) in [6.07, 6.45) is 3.10. The van der Waals surface area contributed by atoms with Crippen LogP contribution in [0.25, 0.3) is 0 Å². The van der Waals surface area contributed by atoms with Gasteiger partial charge >= 0.3 is 0 Å². The lowest BCUT2D eigenvalue weighted by atomic mass is 10.0. The maximum atomic E-state index is 13.2. The van der Waals surface area contributed by atoms with Crippen LogP contribution in [-0.4, -0.2) is 44.0 Å². The van der Waals surface area contributed by atoms with Gasteiger partial charge in [-0.15, -0.1) is 0 Å². The molecular formula is C22H26N2O4. The Bertz CT molecular complexity index is 794. The number of methoxy groups -OCH3 is 2. The molecule has 3 rings (SSSR count). The number of ether oxygens (including phenoxy) is 2. The lowest BCUT2D eigenvalue weighted by Gasteiger charge is -2.31. The van der Waals surface area contributed by atoms with Gasteiger partial charge in [-0.2, -0.15) is 0 Å². The first-order chi connectivity index (χ1) is 13.7. The van der Waals surface area contributed by atoms with E-state index in [0.717, 1.165) is 37.9 Å². The Morgan fingerprint density at radius 1 is 0.893 bits per heavy atom. The third kappa shape index (κ3) is 4.27. The largest absolute Gasteiger partial charge is 0.496 e. The van der Waals surface area contributed by atoms with E-state index in [1.165, 1.54) is 14.2 Å². The maximum absolute atomic E-state index is 13.2. The molecule has 6 heteroatoms. The SMILES string of the molecule is COc1cccc(OC)c1C(=O)N[C@H](C(=O)N1CCCCC1)c1ccccc1. The summed E-state index contributed by atoms with van der Waals surface area (Å²) in [6.45, 7) is 1.44. The molecule has 1 heterocycles. The monoisotopic (exact) mass is 382 g/mol. The summed E-state index contributed by atoms with van der Waals surface area (Å²) in [5, 5.41) is 2.91. The number of nitrogens with one attached hydrogen (secondary N) is 1. The van der Waals surface area contributed by atoms with E-state index in [4.69, 9.17) is 9.47 Å². The van der Waals surface area contributed by atoms with Crippen molar-refractivity contribution in [3.05, 3.63) is 59.7 Å². The fourth-order valence-corrected chi connectivity index (χ4v) is 3.51. The third-order valence-corrected chi connectivity index (χ3v) is 4.98. The molecule has 1 saturated heterocycles. The van der Waals surface area contributed by atoms with Gasteiger partial charge in [0.05, 0.1) is 14.2 Å². The van der Waals surface area contributed by atoms with Gasteiger partial charge in [0, 0.05) is 13.1 Å². The molecule has 148 valence electrons. The molecular weight excluding hydrogens is 356 g/mol. The average Bonchev–Trinajstić information content (AvgIpc) is 2.77. The van der Waals surface area contributed by atoms with Crippen molar-refractivity contribution in [2.24, 2.45) is 0 Å². The Morgan fingerprint density at radius 3 is 2.07 bits per heavy atom. The van der Waals surface area contributed by atoms with Crippen LogP contribution in [0.1, 0.15) is 41.2 Å². The molecule has 2 aromatic rings. The number of nitrogens with zero attached hydrogens (tertiary/aromatic N) is 1. The van der Waals surface area contributed by atoms with Crippen LogP contribution >= 0.6 is 0 Å². The van der Waals surface area contributed by atoms with Gasteiger partial charge in [-0.1, -0.05) is 36.4 Å². The molecule has 6 nitrogen and oxygen atoms in total. The molecule has 0 radical (unpaired) electrons. The Kier molecular flexibility index (Phi) is 6.53. The van der Waals surface area contributed by atoms with Crippen molar-refractivity contribution >= 4 is 11.8 Å². The molecule has 0 saturated carbocycles. The molecule has 2 aromatic carbocycles. The van der Waals surface area contributed by atoms with Crippen molar-refractivity contribution in [2.75, 3.05) is 27.3 Å². The van der Waals surface area contributed by atoms with Gasteiger partial charge in [0.2, 0.25) is 5.91 Å². The quantitative estimate of drug-likeness (QED) is 0.833. The van der Waals surface area contributed by atoms with Gasteiger partial charge in [-0.05, 0) is 37.0 Å². The number of piperidine rings is 1. The van der Waals surface area contributed by atoms with Crippen molar-refractivity contribution in [3.63, 3.8) is 0 Å². The van der Waals surface area contributed by atoms with Crippen molar-refractivity contribution < 1.29 is 19.1 Å². The van der Waals surface area contributed by atoms with E-state index >= 15 is 0 Å². The summed E-state index contributed by atoms with van der Waals surface area (Å²) in [4.78, 5) is 28.2. The lowest BCUT2D eigenvalue weighted by molar-refractivity contribution is -0.134. The standard InChI is InChI=1S/C22H26N2O4/c1-27-17-12-9-13-18(28-2)19(17)21(25)23-20(16-10-5-3-6-11-16)22(26)24-14-7-4-8-15-24/h3,5-6,9-13,20H,4,7-8,14-15H2,1-2H3,(H,23,25)/t20-/m0/s1. The van der Waals surface area contributed by atoms with Crippen LogP contribution in [-0.2, 0) is 4.79 Å². The van der Waals surface area contributed by atoms with Gasteiger partial charge in [-0.25, -0.2) is 0 Å². The molecule has 1 N–H and O–H groups in total. The van der Waals surface area contributed by atoms with E-state index in [-0.39, 0.29) is 11.5 Å². The van der Waals surface area contributed by atoms with E-state index in [2.05, 4.69) is 5.32 Å². The van der Waals surface area contributed by atoms with Crippen LogP contribution < -0.4 is 14.8 Å². The predicted octanol–water partition coefficient (Wildman–Crippen LogP) is 3.19. The highest BCUT2D eigenvalue weighted by Gasteiger charge is 2.30. The summed E-state index contributed by atoms with van der Waals surface area (Å²) < 4.78 is 10.7. The highest BCUT2D eigenvalue weighted by molar-refractivity contribution is 6.02. The molecule has 2 amide bonds.